The first-order valence-electron chi connectivity index (χ1n) is 6.86. The molecule has 0 fully saturated rings. The highest BCUT2D eigenvalue weighted by Crippen LogP contribution is 2.23. The Kier molecular flexibility index (Phi) is 5.33. The Morgan fingerprint density at radius 1 is 1.09 bits per heavy atom. The Hall–Kier alpha value is -1.71. The van der Waals surface area contributed by atoms with Gasteiger partial charge in [0, 0.05) is 15.7 Å². The molecular formula is C17H17Cl2NO2. The molecule has 0 aliphatic carbocycles. The van der Waals surface area contributed by atoms with Crippen molar-refractivity contribution in [2.75, 3.05) is 5.32 Å². The molecule has 5 heteroatoms. The molecule has 0 saturated carbocycles. The molecule has 0 spiro atoms. The van der Waals surface area contributed by atoms with Crippen LogP contribution in [0.1, 0.15) is 18.1 Å². The van der Waals surface area contributed by atoms with Gasteiger partial charge in [-0.2, -0.15) is 0 Å². The number of carbonyl (C=O) groups excluding carboxylic acids is 1. The van der Waals surface area contributed by atoms with E-state index >= 15 is 0 Å². The van der Waals surface area contributed by atoms with Crippen LogP contribution in [0.2, 0.25) is 10.0 Å². The number of benzene rings is 2. The Morgan fingerprint density at radius 3 is 2.50 bits per heavy atom. The zero-order chi connectivity index (χ0) is 16.3. The Bertz CT molecular complexity index is 701. The van der Waals surface area contributed by atoms with E-state index < -0.39 is 6.10 Å². The number of aryl methyl sites for hydroxylation is 2. The summed E-state index contributed by atoms with van der Waals surface area (Å²) in [6.07, 6.45) is -0.640. The topological polar surface area (TPSA) is 38.3 Å². The van der Waals surface area contributed by atoms with Crippen molar-refractivity contribution >= 4 is 34.8 Å². The summed E-state index contributed by atoms with van der Waals surface area (Å²) in [5.41, 5.74) is 2.52. The number of hydrogen-bond donors (Lipinski definition) is 1. The molecular weight excluding hydrogens is 321 g/mol. The zero-order valence-electron chi connectivity index (χ0n) is 12.6. The van der Waals surface area contributed by atoms with Crippen LogP contribution < -0.4 is 10.1 Å². The SMILES string of the molecule is Cc1cc(O[C@@H](C)C(=O)Nc2cc(Cl)ccc2C)ccc1Cl. The highest BCUT2D eigenvalue weighted by Gasteiger charge is 2.16. The Morgan fingerprint density at radius 2 is 1.82 bits per heavy atom. The minimum absolute atomic E-state index is 0.238. The second-order valence-corrected chi connectivity index (χ2v) is 5.96. The van der Waals surface area contributed by atoms with Crippen LogP contribution in [-0.4, -0.2) is 12.0 Å². The van der Waals surface area contributed by atoms with E-state index in [1.807, 2.05) is 19.9 Å². The van der Waals surface area contributed by atoms with Crippen LogP contribution >= 0.6 is 23.2 Å². The fourth-order valence-electron chi connectivity index (χ4n) is 1.91. The number of rotatable bonds is 4. The molecule has 0 aromatic heterocycles. The van der Waals surface area contributed by atoms with Gasteiger partial charge in [-0.25, -0.2) is 0 Å². The van der Waals surface area contributed by atoms with Gasteiger partial charge in [0.2, 0.25) is 0 Å². The van der Waals surface area contributed by atoms with E-state index in [2.05, 4.69) is 5.32 Å². The first-order chi connectivity index (χ1) is 10.4. The smallest absolute Gasteiger partial charge is 0.265 e. The molecule has 2 aromatic rings. The molecule has 0 radical (unpaired) electrons. The predicted octanol–water partition coefficient (Wildman–Crippen LogP) is 5.02. The van der Waals surface area contributed by atoms with Crippen molar-refractivity contribution in [3.8, 4) is 5.75 Å². The van der Waals surface area contributed by atoms with Gasteiger partial charge in [-0.3, -0.25) is 4.79 Å². The molecule has 0 aliphatic heterocycles. The van der Waals surface area contributed by atoms with E-state index in [9.17, 15) is 4.79 Å². The van der Waals surface area contributed by atoms with Crippen LogP contribution in [-0.2, 0) is 4.79 Å². The molecule has 0 heterocycles. The van der Waals surface area contributed by atoms with Gasteiger partial charge in [0.25, 0.3) is 5.91 Å². The summed E-state index contributed by atoms with van der Waals surface area (Å²) in [6.45, 7) is 5.48. The second-order valence-electron chi connectivity index (χ2n) is 5.12. The Labute approximate surface area is 140 Å². The number of halogens is 2. The van der Waals surface area contributed by atoms with Crippen LogP contribution in [0.3, 0.4) is 0 Å². The predicted molar refractivity (Wildman–Crippen MR) is 91.1 cm³/mol. The Balaban J connectivity index is 2.05. The molecule has 2 aromatic carbocycles. The summed E-state index contributed by atoms with van der Waals surface area (Å²) < 4.78 is 5.65. The monoisotopic (exact) mass is 337 g/mol. The molecule has 1 atom stereocenters. The van der Waals surface area contributed by atoms with E-state index in [4.69, 9.17) is 27.9 Å². The summed E-state index contributed by atoms with van der Waals surface area (Å²) in [7, 11) is 0. The number of carbonyl (C=O) groups is 1. The molecule has 1 N–H and O–H groups in total. The van der Waals surface area contributed by atoms with E-state index in [0.717, 1.165) is 11.1 Å². The van der Waals surface area contributed by atoms with Gasteiger partial charge in [-0.15, -0.1) is 0 Å². The number of anilines is 1. The maximum atomic E-state index is 12.2. The minimum atomic E-state index is -0.640. The van der Waals surface area contributed by atoms with Gasteiger partial charge in [-0.1, -0.05) is 29.3 Å². The lowest BCUT2D eigenvalue weighted by atomic mass is 10.2. The summed E-state index contributed by atoms with van der Waals surface area (Å²) in [5, 5.41) is 4.06. The third-order valence-electron chi connectivity index (χ3n) is 3.27. The van der Waals surface area contributed by atoms with Crippen molar-refractivity contribution in [2.45, 2.75) is 26.9 Å². The van der Waals surface area contributed by atoms with Crippen molar-refractivity contribution in [1.29, 1.82) is 0 Å². The van der Waals surface area contributed by atoms with E-state index in [-0.39, 0.29) is 5.91 Å². The molecule has 116 valence electrons. The first kappa shape index (κ1) is 16.7. The molecule has 0 saturated heterocycles. The fourth-order valence-corrected chi connectivity index (χ4v) is 2.20. The van der Waals surface area contributed by atoms with Crippen LogP contribution in [0.15, 0.2) is 36.4 Å². The van der Waals surface area contributed by atoms with Crippen LogP contribution in [0, 0.1) is 13.8 Å². The van der Waals surface area contributed by atoms with Gasteiger partial charge < -0.3 is 10.1 Å². The average Bonchev–Trinajstić information content (AvgIpc) is 2.46. The maximum absolute atomic E-state index is 12.2. The lowest BCUT2D eigenvalue weighted by molar-refractivity contribution is -0.122. The number of ether oxygens (including phenoxy) is 1. The van der Waals surface area contributed by atoms with Crippen LogP contribution in [0.5, 0.6) is 5.75 Å². The van der Waals surface area contributed by atoms with E-state index in [1.165, 1.54) is 0 Å². The molecule has 0 bridgehead atoms. The third-order valence-corrected chi connectivity index (χ3v) is 3.93. The van der Waals surface area contributed by atoms with Gasteiger partial charge in [-0.05, 0) is 62.2 Å². The van der Waals surface area contributed by atoms with E-state index in [1.54, 1.807) is 37.3 Å². The van der Waals surface area contributed by atoms with Crippen molar-refractivity contribution in [3.63, 3.8) is 0 Å². The van der Waals surface area contributed by atoms with Crippen molar-refractivity contribution in [1.82, 2.24) is 0 Å². The molecule has 2 rings (SSSR count). The van der Waals surface area contributed by atoms with Crippen molar-refractivity contribution in [2.24, 2.45) is 0 Å². The summed E-state index contributed by atoms with van der Waals surface area (Å²) in [4.78, 5) is 12.2. The van der Waals surface area contributed by atoms with Crippen LogP contribution in [0.25, 0.3) is 0 Å². The molecule has 0 unspecified atom stereocenters. The number of amides is 1. The molecule has 1 amide bonds. The van der Waals surface area contributed by atoms with Gasteiger partial charge >= 0.3 is 0 Å². The van der Waals surface area contributed by atoms with Gasteiger partial charge in [0.15, 0.2) is 6.10 Å². The van der Waals surface area contributed by atoms with Crippen molar-refractivity contribution < 1.29 is 9.53 Å². The standard InChI is InChI=1S/C17H17Cl2NO2/c1-10-4-5-13(18)9-16(10)20-17(21)12(3)22-14-6-7-15(19)11(2)8-14/h4-9,12H,1-3H3,(H,20,21)/t12-/m0/s1. The maximum Gasteiger partial charge on any atom is 0.265 e. The third kappa shape index (κ3) is 4.15. The number of nitrogens with one attached hydrogen (secondary N) is 1. The quantitative estimate of drug-likeness (QED) is 0.850. The summed E-state index contributed by atoms with van der Waals surface area (Å²) >= 11 is 11.9. The summed E-state index contributed by atoms with van der Waals surface area (Å²) in [5.74, 6) is 0.366. The van der Waals surface area contributed by atoms with Crippen molar-refractivity contribution in [3.05, 3.63) is 57.6 Å². The van der Waals surface area contributed by atoms with Crippen LogP contribution in [0.4, 0.5) is 5.69 Å². The zero-order valence-corrected chi connectivity index (χ0v) is 14.1. The number of hydrogen-bond acceptors (Lipinski definition) is 2. The second kappa shape index (κ2) is 7.03. The van der Waals surface area contributed by atoms with E-state index in [0.29, 0.717) is 21.5 Å². The average molecular weight is 338 g/mol. The minimum Gasteiger partial charge on any atom is -0.481 e. The lowest BCUT2D eigenvalue weighted by Crippen LogP contribution is -2.30. The largest absolute Gasteiger partial charge is 0.481 e. The molecule has 0 aliphatic rings. The highest BCUT2D eigenvalue weighted by atomic mass is 35.5. The van der Waals surface area contributed by atoms with Gasteiger partial charge in [0.1, 0.15) is 5.75 Å². The summed E-state index contributed by atoms with van der Waals surface area (Å²) in [6, 6.07) is 10.6. The normalized spacial score (nSPS) is 11.9. The fraction of sp³-hybridized carbons (Fsp3) is 0.235. The first-order valence-corrected chi connectivity index (χ1v) is 7.62. The molecule has 22 heavy (non-hydrogen) atoms. The highest BCUT2D eigenvalue weighted by molar-refractivity contribution is 6.31. The molecule has 3 nitrogen and oxygen atoms in total. The lowest BCUT2D eigenvalue weighted by Gasteiger charge is -2.16. The van der Waals surface area contributed by atoms with Gasteiger partial charge in [0.05, 0.1) is 0 Å².